The minimum atomic E-state index is -3.84. The molecule has 2 aromatic heterocycles. The standard InChI is InChI=1S/C21H23N3O6S/c1-21(20(26)23-27,31(3,28)29)9-11-24-10-8-15-12-14(4-6-17(15)19(24)25)16-5-7-18(30-2)22-13-16/h4-8,10,12-13,27H,9,11H2,1-3H3,(H,23,26)/t21-/m0/s1. The predicted octanol–water partition coefficient (Wildman–Crippen LogP) is 1.77. The highest BCUT2D eigenvalue weighted by atomic mass is 32.2. The summed E-state index contributed by atoms with van der Waals surface area (Å²) in [6.45, 7) is 1.20. The Bertz CT molecular complexity index is 1280. The first-order valence-corrected chi connectivity index (χ1v) is 11.3. The summed E-state index contributed by atoms with van der Waals surface area (Å²) in [5.74, 6) is -0.537. The number of aromatic nitrogens is 2. The first kappa shape index (κ1) is 22.4. The quantitative estimate of drug-likeness (QED) is 0.419. The smallest absolute Gasteiger partial charge is 0.264 e. The van der Waals surface area contributed by atoms with Gasteiger partial charge in [0.25, 0.3) is 11.5 Å². The van der Waals surface area contributed by atoms with Crippen molar-refractivity contribution in [2.45, 2.75) is 24.6 Å². The van der Waals surface area contributed by atoms with Crippen LogP contribution in [-0.2, 0) is 21.2 Å². The molecule has 1 atom stereocenters. The Morgan fingerprint density at radius 2 is 1.94 bits per heavy atom. The number of hydroxylamine groups is 1. The summed E-state index contributed by atoms with van der Waals surface area (Å²) < 4.78 is 28.8. The van der Waals surface area contributed by atoms with E-state index < -0.39 is 20.5 Å². The molecule has 164 valence electrons. The number of pyridine rings is 2. The van der Waals surface area contributed by atoms with Gasteiger partial charge in [0.05, 0.1) is 7.11 Å². The highest BCUT2D eigenvalue weighted by molar-refractivity contribution is 7.92. The third kappa shape index (κ3) is 4.30. The van der Waals surface area contributed by atoms with E-state index in [1.165, 1.54) is 24.1 Å². The molecule has 31 heavy (non-hydrogen) atoms. The van der Waals surface area contributed by atoms with Crippen LogP contribution in [0.4, 0.5) is 0 Å². The molecule has 0 aliphatic rings. The lowest BCUT2D eigenvalue weighted by Crippen LogP contribution is -2.49. The van der Waals surface area contributed by atoms with Gasteiger partial charge in [-0.25, -0.2) is 18.9 Å². The molecule has 0 spiro atoms. The zero-order valence-corrected chi connectivity index (χ0v) is 18.1. The Morgan fingerprint density at radius 3 is 2.52 bits per heavy atom. The molecule has 1 aromatic carbocycles. The molecule has 1 amide bonds. The second kappa shape index (κ2) is 8.48. The topological polar surface area (TPSA) is 128 Å². The van der Waals surface area contributed by atoms with Crippen LogP contribution >= 0.6 is 0 Å². The van der Waals surface area contributed by atoms with Gasteiger partial charge in [0.15, 0.2) is 14.6 Å². The van der Waals surface area contributed by atoms with Gasteiger partial charge in [0.1, 0.15) is 0 Å². The molecule has 0 aliphatic heterocycles. The Balaban J connectivity index is 1.92. The Kier molecular flexibility index (Phi) is 6.14. The van der Waals surface area contributed by atoms with Crippen LogP contribution in [0.5, 0.6) is 5.88 Å². The summed E-state index contributed by atoms with van der Waals surface area (Å²) in [5.41, 5.74) is 2.84. The van der Waals surface area contributed by atoms with Crippen LogP contribution in [0.15, 0.2) is 53.6 Å². The molecular weight excluding hydrogens is 422 g/mol. The number of benzene rings is 1. The zero-order valence-electron chi connectivity index (χ0n) is 17.3. The summed E-state index contributed by atoms with van der Waals surface area (Å²) in [4.78, 5) is 29.1. The van der Waals surface area contributed by atoms with Gasteiger partial charge < -0.3 is 9.30 Å². The third-order valence-corrected chi connectivity index (χ3v) is 7.51. The Hall–Kier alpha value is -3.24. The van der Waals surface area contributed by atoms with E-state index in [0.29, 0.717) is 16.7 Å². The van der Waals surface area contributed by atoms with Crippen molar-refractivity contribution in [2.75, 3.05) is 13.4 Å². The van der Waals surface area contributed by atoms with Gasteiger partial charge in [-0.1, -0.05) is 6.07 Å². The van der Waals surface area contributed by atoms with Crippen molar-refractivity contribution in [3.63, 3.8) is 0 Å². The fourth-order valence-corrected chi connectivity index (χ4v) is 4.08. The molecule has 0 bridgehead atoms. The van der Waals surface area contributed by atoms with Crippen LogP contribution in [-0.4, -0.2) is 47.2 Å². The highest BCUT2D eigenvalue weighted by Gasteiger charge is 2.43. The zero-order chi connectivity index (χ0) is 22.8. The van der Waals surface area contributed by atoms with Crippen molar-refractivity contribution in [1.29, 1.82) is 0 Å². The second-order valence-electron chi connectivity index (χ2n) is 7.40. The molecule has 0 saturated carbocycles. The monoisotopic (exact) mass is 445 g/mol. The molecule has 0 saturated heterocycles. The van der Waals surface area contributed by atoms with Crippen LogP contribution in [0.25, 0.3) is 21.9 Å². The van der Waals surface area contributed by atoms with E-state index in [4.69, 9.17) is 9.94 Å². The van der Waals surface area contributed by atoms with Gasteiger partial charge in [-0.05, 0) is 48.6 Å². The normalized spacial score (nSPS) is 13.5. The molecule has 2 heterocycles. The number of carbonyl (C=O) groups is 1. The number of carbonyl (C=O) groups excluding carboxylic acids is 1. The lowest BCUT2D eigenvalue weighted by Gasteiger charge is -2.25. The molecule has 0 radical (unpaired) electrons. The number of methoxy groups -OCH3 is 1. The average Bonchev–Trinajstić information content (AvgIpc) is 2.76. The number of nitrogens with zero attached hydrogens (tertiary/aromatic N) is 2. The van der Waals surface area contributed by atoms with Crippen molar-refractivity contribution in [3.05, 3.63) is 59.1 Å². The number of amides is 1. The SMILES string of the molecule is COc1ccc(-c2ccc3c(=O)n(CC[C@@](C)(C(=O)NO)S(C)(=O)=O)ccc3c2)cn1. The van der Waals surface area contributed by atoms with E-state index in [1.54, 1.807) is 36.7 Å². The summed E-state index contributed by atoms with van der Waals surface area (Å²) in [7, 11) is -2.31. The third-order valence-electron chi connectivity index (χ3n) is 5.49. The predicted molar refractivity (Wildman–Crippen MR) is 116 cm³/mol. The van der Waals surface area contributed by atoms with E-state index in [-0.39, 0.29) is 18.5 Å². The van der Waals surface area contributed by atoms with Crippen LogP contribution in [0, 0.1) is 0 Å². The Labute approximate surface area is 179 Å². The van der Waals surface area contributed by atoms with Crippen molar-refractivity contribution in [1.82, 2.24) is 15.0 Å². The van der Waals surface area contributed by atoms with Crippen molar-refractivity contribution in [3.8, 4) is 17.0 Å². The van der Waals surface area contributed by atoms with E-state index in [2.05, 4.69) is 4.98 Å². The van der Waals surface area contributed by atoms with E-state index in [9.17, 15) is 18.0 Å². The maximum absolute atomic E-state index is 12.9. The van der Waals surface area contributed by atoms with Crippen LogP contribution in [0.3, 0.4) is 0 Å². The number of aryl methyl sites for hydroxylation is 1. The average molecular weight is 445 g/mol. The fraction of sp³-hybridized carbons (Fsp3) is 0.286. The molecule has 2 N–H and O–H groups in total. The molecule has 3 aromatic rings. The summed E-state index contributed by atoms with van der Waals surface area (Å²) in [6.07, 6.45) is 3.97. The minimum absolute atomic E-state index is 0.0179. The number of hydrogen-bond donors (Lipinski definition) is 2. The first-order chi connectivity index (χ1) is 14.6. The van der Waals surface area contributed by atoms with E-state index in [0.717, 1.165) is 17.4 Å². The van der Waals surface area contributed by atoms with E-state index in [1.807, 2.05) is 12.1 Å². The molecule has 9 nitrogen and oxygen atoms in total. The lowest BCUT2D eigenvalue weighted by atomic mass is 10.0. The van der Waals surface area contributed by atoms with Gasteiger partial charge in [-0.3, -0.25) is 14.8 Å². The highest BCUT2D eigenvalue weighted by Crippen LogP contribution is 2.25. The minimum Gasteiger partial charge on any atom is -0.481 e. The van der Waals surface area contributed by atoms with Gasteiger partial charge >= 0.3 is 0 Å². The number of ether oxygens (including phenoxy) is 1. The number of nitrogens with one attached hydrogen (secondary N) is 1. The number of hydrogen-bond acceptors (Lipinski definition) is 7. The molecule has 0 aliphatic carbocycles. The molecule has 3 rings (SSSR count). The van der Waals surface area contributed by atoms with Gasteiger partial charge in [-0.2, -0.15) is 0 Å². The summed E-state index contributed by atoms with van der Waals surface area (Å²) in [6, 6.07) is 10.7. The largest absolute Gasteiger partial charge is 0.481 e. The van der Waals surface area contributed by atoms with Crippen molar-refractivity contribution >= 4 is 26.5 Å². The molecule has 10 heteroatoms. The number of sulfone groups is 1. The van der Waals surface area contributed by atoms with Crippen LogP contribution < -0.4 is 15.8 Å². The maximum atomic E-state index is 12.9. The molecule has 0 unspecified atom stereocenters. The van der Waals surface area contributed by atoms with Crippen molar-refractivity contribution < 1.29 is 23.2 Å². The van der Waals surface area contributed by atoms with Crippen LogP contribution in [0.2, 0.25) is 0 Å². The van der Waals surface area contributed by atoms with Gasteiger partial charge in [0.2, 0.25) is 5.88 Å². The second-order valence-corrected chi connectivity index (χ2v) is 9.84. The summed E-state index contributed by atoms with van der Waals surface area (Å²) in [5, 5.41) is 10.1. The van der Waals surface area contributed by atoms with E-state index >= 15 is 0 Å². The molecular formula is C21H23N3O6S. The van der Waals surface area contributed by atoms with Crippen molar-refractivity contribution in [2.24, 2.45) is 0 Å². The molecule has 0 fully saturated rings. The first-order valence-electron chi connectivity index (χ1n) is 9.38. The lowest BCUT2D eigenvalue weighted by molar-refractivity contribution is -0.131. The Morgan fingerprint density at radius 1 is 1.23 bits per heavy atom. The number of rotatable bonds is 7. The van der Waals surface area contributed by atoms with Crippen LogP contribution in [0.1, 0.15) is 13.3 Å². The van der Waals surface area contributed by atoms with Gasteiger partial charge in [0, 0.05) is 42.2 Å². The summed E-state index contributed by atoms with van der Waals surface area (Å²) >= 11 is 0. The fourth-order valence-electron chi connectivity index (χ4n) is 3.23. The maximum Gasteiger partial charge on any atom is 0.264 e. The number of fused-ring (bicyclic) bond motifs is 1. The van der Waals surface area contributed by atoms with Gasteiger partial charge in [-0.15, -0.1) is 0 Å².